The number of nitrogens with zero attached hydrogens (tertiary/aromatic N) is 3. The van der Waals surface area contributed by atoms with Gasteiger partial charge in [0.1, 0.15) is 5.82 Å². The average Bonchev–Trinajstić information content (AvgIpc) is 2.88. The summed E-state index contributed by atoms with van der Waals surface area (Å²) in [6, 6.07) is 7.17. The number of aromatic nitrogens is 2. The van der Waals surface area contributed by atoms with Crippen LogP contribution in [0.1, 0.15) is 26.7 Å². The minimum absolute atomic E-state index is 0.304. The molecule has 6 heteroatoms. The van der Waals surface area contributed by atoms with Crippen molar-refractivity contribution < 1.29 is 8.81 Å². The number of halogens is 1. The van der Waals surface area contributed by atoms with Crippen LogP contribution in [0.3, 0.4) is 0 Å². The molecule has 5 nitrogen and oxygen atoms in total. The predicted octanol–water partition coefficient (Wildman–Crippen LogP) is 2.86. The maximum absolute atomic E-state index is 13.8. The van der Waals surface area contributed by atoms with Gasteiger partial charge < -0.3 is 9.73 Å². The second-order valence-corrected chi connectivity index (χ2v) is 4.71. The van der Waals surface area contributed by atoms with Gasteiger partial charge >= 0.3 is 6.01 Å². The van der Waals surface area contributed by atoms with Crippen molar-refractivity contribution in [3.63, 3.8) is 0 Å². The van der Waals surface area contributed by atoms with Gasteiger partial charge in [0.05, 0.1) is 12.2 Å². The molecular formula is C14H19FN4O. The Hall–Kier alpha value is -1.95. The van der Waals surface area contributed by atoms with Crippen molar-refractivity contribution in [2.24, 2.45) is 0 Å². The third kappa shape index (κ3) is 3.33. The van der Waals surface area contributed by atoms with Crippen molar-refractivity contribution >= 4 is 11.7 Å². The van der Waals surface area contributed by atoms with Crippen LogP contribution in [0.4, 0.5) is 16.1 Å². The van der Waals surface area contributed by atoms with Crippen LogP contribution in [0.2, 0.25) is 0 Å². The molecule has 2 rings (SSSR count). The molecular weight excluding hydrogens is 259 g/mol. The highest BCUT2D eigenvalue weighted by Gasteiger charge is 2.17. The summed E-state index contributed by atoms with van der Waals surface area (Å²) in [6.45, 7) is 7.02. The van der Waals surface area contributed by atoms with Crippen LogP contribution in [0, 0.1) is 5.82 Å². The first-order valence-corrected chi connectivity index (χ1v) is 6.69. The Kier molecular flexibility index (Phi) is 4.68. The maximum Gasteiger partial charge on any atom is 0.322 e. The van der Waals surface area contributed by atoms with E-state index < -0.39 is 0 Å². The third-order valence-corrected chi connectivity index (χ3v) is 2.81. The zero-order valence-electron chi connectivity index (χ0n) is 11.9. The first-order valence-electron chi connectivity index (χ1n) is 6.69. The quantitative estimate of drug-likeness (QED) is 0.880. The van der Waals surface area contributed by atoms with Crippen molar-refractivity contribution in [1.82, 2.24) is 15.5 Å². The van der Waals surface area contributed by atoms with Gasteiger partial charge in [0.15, 0.2) is 0 Å². The molecule has 1 aromatic heterocycles. The van der Waals surface area contributed by atoms with E-state index in [1.165, 1.54) is 6.07 Å². The van der Waals surface area contributed by atoms with Crippen molar-refractivity contribution in [3.8, 4) is 0 Å². The number of para-hydroxylation sites is 1. The molecule has 0 aliphatic rings. The molecule has 0 atom stereocenters. The summed E-state index contributed by atoms with van der Waals surface area (Å²) in [5.41, 5.74) is 0.432. The molecule has 1 heterocycles. The van der Waals surface area contributed by atoms with E-state index in [2.05, 4.69) is 15.5 Å². The number of hydrogen-bond acceptors (Lipinski definition) is 5. The van der Waals surface area contributed by atoms with Gasteiger partial charge in [-0.15, -0.1) is 5.10 Å². The smallest absolute Gasteiger partial charge is 0.322 e. The van der Waals surface area contributed by atoms with E-state index in [9.17, 15) is 4.39 Å². The summed E-state index contributed by atoms with van der Waals surface area (Å²) < 4.78 is 19.4. The fourth-order valence-electron chi connectivity index (χ4n) is 1.80. The van der Waals surface area contributed by atoms with E-state index >= 15 is 0 Å². The second kappa shape index (κ2) is 6.47. The highest BCUT2D eigenvalue weighted by atomic mass is 19.1. The first-order chi connectivity index (χ1) is 9.61. The standard InChI is InChI=1S/C14H19FN4O/c1-4-19(12-8-6-5-7-11(12)15)14-18-17-13(20-14)9-16-10(2)3/h5-8,10,16H,4,9H2,1-3H3. The van der Waals surface area contributed by atoms with Crippen molar-refractivity contribution in [3.05, 3.63) is 36.0 Å². The highest BCUT2D eigenvalue weighted by molar-refractivity contribution is 5.56. The van der Waals surface area contributed by atoms with Gasteiger partial charge in [-0.3, -0.25) is 4.90 Å². The molecule has 0 unspecified atom stereocenters. The largest absolute Gasteiger partial charge is 0.406 e. The summed E-state index contributed by atoms with van der Waals surface area (Å²) in [6.07, 6.45) is 0. The van der Waals surface area contributed by atoms with Crippen molar-refractivity contribution in [1.29, 1.82) is 0 Å². The number of rotatable bonds is 6. The molecule has 0 spiro atoms. The summed E-state index contributed by atoms with van der Waals surface area (Å²) in [5, 5.41) is 11.1. The summed E-state index contributed by atoms with van der Waals surface area (Å²) in [4.78, 5) is 1.65. The van der Waals surface area contributed by atoms with Gasteiger partial charge in [-0.1, -0.05) is 31.1 Å². The monoisotopic (exact) mass is 278 g/mol. The van der Waals surface area contributed by atoms with Gasteiger partial charge in [-0.25, -0.2) is 4.39 Å². The molecule has 0 saturated heterocycles. The lowest BCUT2D eigenvalue weighted by molar-refractivity contribution is 0.452. The van der Waals surface area contributed by atoms with Gasteiger partial charge in [-0.2, -0.15) is 0 Å². The van der Waals surface area contributed by atoms with Gasteiger partial charge in [-0.05, 0) is 19.1 Å². The van der Waals surface area contributed by atoms with Crippen molar-refractivity contribution in [2.45, 2.75) is 33.4 Å². The number of nitrogens with one attached hydrogen (secondary N) is 1. The molecule has 0 amide bonds. The van der Waals surface area contributed by atoms with Crippen LogP contribution in [0.25, 0.3) is 0 Å². The molecule has 20 heavy (non-hydrogen) atoms. The molecule has 0 aliphatic carbocycles. The fraction of sp³-hybridized carbons (Fsp3) is 0.429. The summed E-state index contributed by atoms with van der Waals surface area (Å²) >= 11 is 0. The van der Waals surface area contributed by atoms with Crippen LogP contribution in [-0.2, 0) is 6.54 Å². The van der Waals surface area contributed by atoms with Crippen LogP contribution in [0.5, 0.6) is 0 Å². The number of anilines is 2. The summed E-state index contributed by atoms with van der Waals surface area (Å²) in [5.74, 6) is 0.179. The Morgan fingerprint density at radius 1 is 1.30 bits per heavy atom. The van der Waals surface area contributed by atoms with Crippen LogP contribution < -0.4 is 10.2 Å². The van der Waals surface area contributed by atoms with Gasteiger partial charge in [0, 0.05) is 12.6 Å². The lowest BCUT2D eigenvalue weighted by Gasteiger charge is -2.18. The normalized spacial score (nSPS) is 11.1. The lowest BCUT2D eigenvalue weighted by Crippen LogP contribution is -2.22. The Morgan fingerprint density at radius 3 is 2.70 bits per heavy atom. The average molecular weight is 278 g/mol. The maximum atomic E-state index is 13.8. The molecule has 0 saturated carbocycles. The lowest BCUT2D eigenvalue weighted by atomic mass is 10.3. The first kappa shape index (κ1) is 14.5. The Balaban J connectivity index is 2.18. The van der Waals surface area contributed by atoms with E-state index in [-0.39, 0.29) is 5.82 Å². The number of benzene rings is 1. The SMILES string of the molecule is CCN(c1nnc(CNC(C)C)o1)c1ccccc1F. The van der Waals surface area contributed by atoms with Crippen LogP contribution >= 0.6 is 0 Å². The highest BCUT2D eigenvalue weighted by Crippen LogP contribution is 2.26. The third-order valence-electron chi connectivity index (χ3n) is 2.81. The topological polar surface area (TPSA) is 54.2 Å². The molecule has 0 bridgehead atoms. The zero-order chi connectivity index (χ0) is 14.5. The van der Waals surface area contributed by atoms with E-state index in [1.54, 1.807) is 23.1 Å². The molecule has 1 aromatic carbocycles. The van der Waals surface area contributed by atoms with E-state index in [1.807, 2.05) is 20.8 Å². The van der Waals surface area contributed by atoms with E-state index in [4.69, 9.17) is 4.42 Å². The van der Waals surface area contributed by atoms with Gasteiger partial charge in [0.2, 0.25) is 5.89 Å². The fourth-order valence-corrected chi connectivity index (χ4v) is 1.80. The molecule has 1 N–H and O–H groups in total. The second-order valence-electron chi connectivity index (χ2n) is 4.71. The summed E-state index contributed by atoms with van der Waals surface area (Å²) in [7, 11) is 0. The van der Waals surface area contributed by atoms with Crippen LogP contribution in [-0.4, -0.2) is 22.8 Å². The van der Waals surface area contributed by atoms with Crippen LogP contribution in [0.15, 0.2) is 28.7 Å². The Morgan fingerprint density at radius 2 is 2.05 bits per heavy atom. The molecule has 0 fully saturated rings. The Labute approximate surface area is 117 Å². The zero-order valence-corrected chi connectivity index (χ0v) is 11.9. The predicted molar refractivity (Wildman–Crippen MR) is 75.4 cm³/mol. The number of hydrogen-bond donors (Lipinski definition) is 1. The molecule has 108 valence electrons. The molecule has 0 aliphatic heterocycles. The van der Waals surface area contributed by atoms with Gasteiger partial charge in [0.25, 0.3) is 0 Å². The molecule has 2 aromatic rings. The minimum Gasteiger partial charge on any atom is -0.406 e. The minimum atomic E-state index is -0.311. The van der Waals surface area contributed by atoms with Crippen molar-refractivity contribution in [2.75, 3.05) is 11.4 Å². The van der Waals surface area contributed by atoms with E-state index in [0.717, 1.165) is 0 Å². The molecule has 0 radical (unpaired) electrons. The Bertz CT molecular complexity index is 556. The van der Waals surface area contributed by atoms with E-state index in [0.29, 0.717) is 36.7 Å².